The largest absolute Gasteiger partial charge is 0.379 e. The predicted molar refractivity (Wildman–Crippen MR) is 141 cm³/mol. The summed E-state index contributed by atoms with van der Waals surface area (Å²) in [7, 11) is 0. The number of primary amides is 1. The molecule has 7 nitrogen and oxygen atoms in total. The summed E-state index contributed by atoms with van der Waals surface area (Å²) in [6, 6.07) is -0.257. The molecule has 2 atom stereocenters. The minimum atomic E-state index is -0.474. The van der Waals surface area contributed by atoms with Gasteiger partial charge in [-0.1, -0.05) is 90.4 Å². The van der Waals surface area contributed by atoms with E-state index in [0.29, 0.717) is 19.8 Å². The first-order chi connectivity index (χ1) is 17.1. The van der Waals surface area contributed by atoms with Crippen molar-refractivity contribution < 1.29 is 23.8 Å². The fourth-order valence-corrected chi connectivity index (χ4v) is 4.36. The molecule has 0 bridgehead atoms. The Bertz CT molecular complexity index is 512. The van der Waals surface area contributed by atoms with Gasteiger partial charge in [-0.3, -0.25) is 9.59 Å². The first-order valence-corrected chi connectivity index (χ1v) is 14.5. The number of ether oxygens (including phenoxy) is 3. The summed E-state index contributed by atoms with van der Waals surface area (Å²) in [5.74, 6) is -0.681. The van der Waals surface area contributed by atoms with Crippen LogP contribution in [0.4, 0.5) is 0 Å². The summed E-state index contributed by atoms with van der Waals surface area (Å²) in [6.45, 7) is 4.41. The molecular formula is C28H54N2O5. The van der Waals surface area contributed by atoms with Crippen LogP contribution in [0.5, 0.6) is 0 Å². The molecule has 0 saturated carbocycles. The van der Waals surface area contributed by atoms with Gasteiger partial charge in [-0.25, -0.2) is 0 Å². The van der Waals surface area contributed by atoms with Gasteiger partial charge in [0.25, 0.3) is 0 Å². The van der Waals surface area contributed by atoms with Crippen molar-refractivity contribution in [2.45, 2.75) is 141 Å². The van der Waals surface area contributed by atoms with E-state index in [4.69, 9.17) is 19.9 Å². The van der Waals surface area contributed by atoms with Crippen LogP contribution in [0.25, 0.3) is 0 Å². The Kier molecular flexibility index (Phi) is 21.1. The van der Waals surface area contributed by atoms with Crippen LogP contribution in [0.15, 0.2) is 0 Å². The van der Waals surface area contributed by atoms with Crippen LogP contribution in [0.2, 0.25) is 0 Å². The molecule has 1 fully saturated rings. The molecule has 0 radical (unpaired) electrons. The minimum absolute atomic E-state index is 0.0467. The van der Waals surface area contributed by atoms with Crippen LogP contribution in [0.1, 0.15) is 129 Å². The van der Waals surface area contributed by atoms with Gasteiger partial charge in [-0.2, -0.15) is 0 Å². The van der Waals surface area contributed by atoms with Gasteiger partial charge in [0.2, 0.25) is 11.8 Å². The molecule has 1 heterocycles. The lowest BCUT2D eigenvalue weighted by molar-refractivity contribution is -0.168. The number of carbonyl (C=O) groups excluding carboxylic acids is 2. The summed E-state index contributed by atoms with van der Waals surface area (Å²) in [5.41, 5.74) is 5.15. The van der Waals surface area contributed by atoms with E-state index in [1.807, 2.05) is 0 Å². The monoisotopic (exact) mass is 498 g/mol. The van der Waals surface area contributed by atoms with Crippen LogP contribution in [0, 0.1) is 0 Å². The standard InChI is InChI=1S/C28H54N2O5/c1-2-3-4-5-6-7-8-9-10-11-12-13-14-16-21-33-23-25(30-27(32)20-19-26(29)31)24-35-28-18-15-17-22-34-28/h25,28H,2-24H2,1H3,(H2,29,31)(H,30,32). The Labute approximate surface area is 214 Å². The summed E-state index contributed by atoms with van der Waals surface area (Å²) in [5, 5.41) is 2.91. The van der Waals surface area contributed by atoms with Gasteiger partial charge in [-0.05, 0) is 25.7 Å². The zero-order valence-electron chi connectivity index (χ0n) is 22.5. The maximum Gasteiger partial charge on any atom is 0.220 e. The van der Waals surface area contributed by atoms with Crippen molar-refractivity contribution in [1.82, 2.24) is 5.32 Å². The van der Waals surface area contributed by atoms with E-state index in [9.17, 15) is 9.59 Å². The van der Waals surface area contributed by atoms with Crippen molar-refractivity contribution in [3.8, 4) is 0 Å². The van der Waals surface area contributed by atoms with E-state index in [1.54, 1.807) is 0 Å². The number of amides is 2. The molecule has 1 saturated heterocycles. The second-order valence-electron chi connectivity index (χ2n) is 10.0. The molecule has 7 heteroatoms. The first-order valence-electron chi connectivity index (χ1n) is 14.5. The van der Waals surface area contributed by atoms with Crippen LogP contribution in [0.3, 0.4) is 0 Å². The molecule has 1 aliphatic rings. The number of hydrogen-bond acceptors (Lipinski definition) is 5. The number of nitrogens with one attached hydrogen (secondary N) is 1. The van der Waals surface area contributed by atoms with Crippen LogP contribution < -0.4 is 11.1 Å². The smallest absolute Gasteiger partial charge is 0.220 e. The molecule has 2 amide bonds. The zero-order valence-corrected chi connectivity index (χ0v) is 22.5. The lowest BCUT2D eigenvalue weighted by Gasteiger charge is -2.26. The van der Waals surface area contributed by atoms with Gasteiger partial charge in [-0.15, -0.1) is 0 Å². The highest BCUT2D eigenvalue weighted by Gasteiger charge is 2.19. The molecule has 0 aromatic carbocycles. The van der Waals surface area contributed by atoms with Gasteiger partial charge in [0.05, 0.1) is 19.3 Å². The molecule has 0 aromatic heterocycles. The molecule has 0 aromatic rings. The molecule has 1 rings (SSSR count). The second kappa shape index (κ2) is 23.2. The third kappa shape index (κ3) is 20.7. The first kappa shape index (κ1) is 31.8. The van der Waals surface area contributed by atoms with Crippen molar-refractivity contribution in [3.63, 3.8) is 0 Å². The van der Waals surface area contributed by atoms with Gasteiger partial charge in [0, 0.05) is 26.1 Å². The number of rotatable bonds is 24. The number of unbranched alkanes of at least 4 members (excludes halogenated alkanes) is 13. The van der Waals surface area contributed by atoms with Crippen LogP contribution in [-0.2, 0) is 23.8 Å². The van der Waals surface area contributed by atoms with Crippen molar-refractivity contribution in [2.75, 3.05) is 26.4 Å². The highest BCUT2D eigenvalue weighted by atomic mass is 16.7. The lowest BCUT2D eigenvalue weighted by Crippen LogP contribution is -2.43. The maximum atomic E-state index is 12.1. The van der Waals surface area contributed by atoms with Gasteiger partial charge in [0.1, 0.15) is 0 Å². The van der Waals surface area contributed by atoms with E-state index in [2.05, 4.69) is 12.2 Å². The van der Waals surface area contributed by atoms with E-state index in [-0.39, 0.29) is 31.1 Å². The van der Waals surface area contributed by atoms with Gasteiger partial charge < -0.3 is 25.3 Å². The number of carbonyl (C=O) groups is 2. The Morgan fingerprint density at radius 3 is 2.00 bits per heavy atom. The minimum Gasteiger partial charge on any atom is -0.379 e. The summed E-state index contributed by atoms with van der Waals surface area (Å²) in [4.78, 5) is 23.1. The van der Waals surface area contributed by atoms with Crippen molar-refractivity contribution in [3.05, 3.63) is 0 Å². The highest BCUT2D eigenvalue weighted by Crippen LogP contribution is 2.15. The Balaban J connectivity index is 2.04. The van der Waals surface area contributed by atoms with Crippen LogP contribution >= 0.6 is 0 Å². The number of hydrogen-bond donors (Lipinski definition) is 2. The Morgan fingerprint density at radius 2 is 1.46 bits per heavy atom. The second-order valence-corrected chi connectivity index (χ2v) is 10.0. The van der Waals surface area contributed by atoms with Crippen molar-refractivity contribution in [1.29, 1.82) is 0 Å². The van der Waals surface area contributed by atoms with Crippen molar-refractivity contribution in [2.24, 2.45) is 5.73 Å². The zero-order chi connectivity index (χ0) is 25.4. The third-order valence-corrected chi connectivity index (χ3v) is 6.55. The molecule has 35 heavy (non-hydrogen) atoms. The fourth-order valence-electron chi connectivity index (χ4n) is 4.36. The SMILES string of the molecule is CCCCCCCCCCCCCCCCOCC(COC1CCCCO1)NC(=O)CCC(N)=O. The number of nitrogens with two attached hydrogens (primary N) is 1. The fraction of sp³-hybridized carbons (Fsp3) is 0.929. The average molecular weight is 499 g/mol. The highest BCUT2D eigenvalue weighted by molar-refractivity contribution is 5.82. The Morgan fingerprint density at radius 1 is 0.857 bits per heavy atom. The lowest BCUT2D eigenvalue weighted by atomic mass is 10.0. The van der Waals surface area contributed by atoms with Gasteiger partial charge >= 0.3 is 0 Å². The van der Waals surface area contributed by atoms with Gasteiger partial charge in [0.15, 0.2) is 6.29 Å². The van der Waals surface area contributed by atoms with E-state index in [1.165, 1.54) is 83.5 Å². The topological polar surface area (TPSA) is 99.9 Å². The average Bonchev–Trinajstić information content (AvgIpc) is 2.86. The summed E-state index contributed by atoms with van der Waals surface area (Å²) >= 11 is 0. The molecule has 1 aliphatic heterocycles. The Hall–Kier alpha value is -1.18. The molecular weight excluding hydrogens is 444 g/mol. The van der Waals surface area contributed by atoms with Crippen molar-refractivity contribution >= 4 is 11.8 Å². The van der Waals surface area contributed by atoms with E-state index >= 15 is 0 Å². The summed E-state index contributed by atoms with van der Waals surface area (Å²) < 4.78 is 17.3. The van der Waals surface area contributed by atoms with E-state index < -0.39 is 5.91 Å². The maximum absolute atomic E-state index is 12.1. The molecule has 3 N–H and O–H groups in total. The third-order valence-electron chi connectivity index (χ3n) is 6.55. The normalized spacial score (nSPS) is 16.8. The quantitative estimate of drug-likeness (QED) is 0.164. The molecule has 0 aliphatic carbocycles. The summed E-state index contributed by atoms with van der Waals surface area (Å²) in [6.07, 6.45) is 21.6. The molecule has 206 valence electrons. The molecule has 0 spiro atoms. The molecule has 2 unspecified atom stereocenters. The predicted octanol–water partition coefficient (Wildman–Crippen LogP) is 5.78. The van der Waals surface area contributed by atoms with Crippen LogP contribution in [-0.4, -0.2) is 50.6 Å². The van der Waals surface area contributed by atoms with E-state index in [0.717, 1.165) is 32.3 Å².